The molecule has 1 atom stereocenters. The molecule has 0 saturated heterocycles. The molecule has 90 valence electrons. The predicted molar refractivity (Wildman–Crippen MR) is 72.0 cm³/mol. The summed E-state index contributed by atoms with van der Waals surface area (Å²) < 4.78 is 0. The molecule has 0 bridgehead atoms. The highest BCUT2D eigenvalue weighted by Gasteiger charge is 1.99. The Morgan fingerprint density at radius 1 is 1.50 bits per heavy atom. The van der Waals surface area contributed by atoms with E-state index in [1.807, 2.05) is 18.2 Å². The Morgan fingerprint density at radius 3 is 3.06 bits per heavy atom. The van der Waals surface area contributed by atoms with E-state index in [1.54, 1.807) is 19.2 Å². The summed E-state index contributed by atoms with van der Waals surface area (Å²) in [5, 5.41) is 10.1. The Labute approximate surface area is 106 Å². The summed E-state index contributed by atoms with van der Waals surface area (Å²) in [4.78, 5) is 8.67. The van der Waals surface area contributed by atoms with Gasteiger partial charge in [-0.3, -0.25) is 0 Å². The SMILES string of the molecule is C=CCc1ncc2cc(C#CC(C)O)ccc2n1. The largest absolute Gasteiger partial charge is 0.381 e. The molecule has 1 unspecified atom stereocenters. The van der Waals surface area contributed by atoms with E-state index in [-0.39, 0.29) is 0 Å². The van der Waals surface area contributed by atoms with Gasteiger partial charge in [-0.25, -0.2) is 9.97 Å². The Morgan fingerprint density at radius 2 is 2.33 bits per heavy atom. The topological polar surface area (TPSA) is 46.0 Å². The number of allylic oxidation sites excluding steroid dienone is 1. The number of benzene rings is 1. The van der Waals surface area contributed by atoms with Crippen molar-refractivity contribution >= 4 is 10.9 Å². The first-order chi connectivity index (χ1) is 8.69. The average molecular weight is 238 g/mol. The lowest BCUT2D eigenvalue weighted by Crippen LogP contribution is -1.94. The first-order valence-electron chi connectivity index (χ1n) is 5.75. The zero-order valence-electron chi connectivity index (χ0n) is 10.2. The highest BCUT2D eigenvalue weighted by Crippen LogP contribution is 2.13. The second-order valence-corrected chi connectivity index (χ2v) is 4.00. The Balaban J connectivity index is 2.39. The second kappa shape index (κ2) is 5.44. The van der Waals surface area contributed by atoms with Crippen LogP contribution >= 0.6 is 0 Å². The van der Waals surface area contributed by atoms with E-state index >= 15 is 0 Å². The van der Waals surface area contributed by atoms with Gasteiger partial charge in [0.05, 0.1) is 5.52 Å². The number of fused-ring (bicyclic) bond motifs is 1. The van der Waals surface area contributed by atoms with Gasteiger partial charge in [0, 0.05) is 23.6 Å². The molecule has 0 spiro atoms. The molecule has 1 aromatic carbocycles. The molecule has 0 aliphatic heterocycles. The predicted octanol–water partition coefficient (Wildman–Crippen LogP) is 2.09. The van der Waals surface area contributed by atoms with E-state index in [0.29, 0.717) is 6.42 Å². The molecule has 3 heteroatoms. The molecule has 1 N–H and O–H groups in total. The highest BCUT2D eigenvalue weighted by atomic mass is 16.3. The zero-order chi connectivity index (χ0) is 13.0. The maximum atomic E-state index is 9.11. The third-order valence-electron chi connectivity index (χ3n) is 2.38. The van der Waals surface area contributed by atoms with Gasteiger partial charge in [0.15, 0.2) is 0 Å². The van der Waals surface area contributed by atoms with Crippen LogP contribution in [0.2, 0.25) is 0 Å². The summed E-state index contributed by atoms with van der Waals surface area (Å²) in [6.45, 7) is 5.31. The van der Waals surface area contributed by atoms with Gasteiger partial charge in [0.1, 0.15) is 11.9 Å². The van der Waals surface area contributed by atoms with E-state index in [1.165, 1.54) is 0 Å². The van der Waals surface area contributed by atoms with Crippen LogP contribution in [0.1, 0.15) is 18.3 Å². The van der Waals surface area contributed by atoms with Crippen molar-refractivity contribution in [3.05, 3.63) is 48.4 Å². The highest BCUT2D eigenvalue weighted by molar-refractivity contribution is 5.79. The molecule has 0 amide bonds. The molecule has 1 heterocycles. The molecule has 18 heavy (non-hydrogen) atoms. The fourth-order valence-electron chi connectivity index (χ4n) is 1.56. The molecule has 2 rings (SSSR count). The molecular formula is C15H14N2O. The van der Waals surface area contributed by atoms with Crippen LogP contribution in [0.3, 0.4) is 0 Å². The Kier molecular flexibility index (Phi) is 3.71. The lowest BCUT2D eigenvalue weighted by Gasteiger charge is -2.00. The van der Waals surface area contributed by atoms with Crippen molar-refractivity contribution in [2.24, 2.45) is 0 Å². The van der Waals surface area contributed by atoms with E-state index in [2.05, 4.69) is 28.4 Å². The third-order valence-corrected chi connectivity index (χ3v) is 2.38. The van der Waals surface area contributed by atoms with Crippen molar-refractivity contribution in [3.8, 4) is 11.8 Å². The lowest BCUT2D eigenvalue weighted by atomic mass is 10.1. The van der Waals surface area contributed by atoms with Crippen molar-refractivity contribution in [2.75, 3.05) is 0 Å². The molecule has 1 aromatic heterocycles. The molecule has 0 saturated carbocycles. The molecule has 0 aliphatic carbocycles. The summed E-state index contributed by atoms with van der Waals surface area (Å²) in [5.41, 5.74) is 1.74. The fraction of sp³-hybridized carbons (Fsp3) is 0.200. The molecule has 2 aromatic rings. The van der Waals surface area contributed by atoms with E-state index in [9.17, 15) is 0 Å². The maximum Gasteiger partial charge on any atom is 0.132 e. The van der Waals surface area contributed by atoms with Gasteiger partial charge in [-0.15, -0.1) is 6.58 Å². The molecule has 0 fully saturated rings. The van der Waals surface area contributed by atoms with Crippen LogP contribution in [0, 0.1) is 11.8 Å². The maximum absolute atomic E-state index is 9.11. The van der Waals surface area contributed by atoms with Crippen LogP contribution in [0.25, 0.3) is 10.9 Å². The molecule has 0 aliphatic rings. The zero-order valence-corrected chi connectivity index (χ0v) is 10.2. The van der Waals surface area contributed by atoms with Crippen molar-refractivity contribution in [2.45, 2.75) is 19.4 Å². The first-order valence-corrected chi connectivity index (χ1v) is 5.75. The summed E-state index contributed by atoms with van der Waals surface area (Å²) in [7, 11) is 0. The average Bonchev–Trinajstić information content (AvgIpc) is 2.36. The van der Waals surface area contributed by atoms with Gasteiger partial charge in [0.25, 0.3) is 0 Å². The molecular weight excluding hydrogens is 224 g/mol. The van der Waals surface area contributed by atoms with Crippen molar-refractivity contribution in [1.82, 2.24) is 9.97 Å². The van der Waals surface area contributed by atoms with Gasteiger partial charge < -0.3 is 5.11 Å². The number of nitrogens with zero attached hydrogens (tertiary/aromatic N) is 2. The van der Waals surface area contributed by atoms with Gasteiger partial charge in [-0.2, -0.15) is 0 Å². The number of rotatable bonds is 2. The second-order valence-electron chi connectivity index (χ2n) is 4.00. The van der Waals surface area contributed by atoms with Crippen LogP contribution < -0.4 is 0 Å². The number of aromatic nitrogens is 2. The van der Waals surface area contributed by atoms with Gasteiger partial charge in [0.2, 0.25) is 0 Å². The summed E-state index contributed by atoms with van der Waals surface area (Å²) >= 11 is 0. The monoisotopic (exact) mass is 238 g/mol. The quantitative estimate of drug-likeness (QED) is 0.643. The number of hydrogen-bond acceptors (Lipinski definition) is 3. The van der Waals surface area contributed by atoms with Gasteiger partial charge in [-0.1, -0.05) is 17.9 Å². The first kappa shape index (κ1) is 12.3. The van der Waals surface area contributed by atoms with Gasteiger partial charge >= 0.3 is 0 Å². The Hall–Kier alpha value is -2.18. The van der Waals surface area contributed by atoms with Crippen LogP contribution in [0.5, 0.6) is 0 Å². The van der Waals surface area contributed by atoms with Crippen molar-refractivity contribution < 1.29 is 5.11 Å². The van der Waals surface area contributed by atoms with Crippen molar-refractivity contribution in [1.29, 1.82) is 0 Å². The van der Waals surface area contributed by atoms with E-state index in [0.717, 1.165) is 22.3 Å². The van der Waals surface area contributed by atoms with Crippen LogP contribution in [0.4, 0.5) is 0 Å². The number of hydrogen-bond donors (Lipinski definition) is 1. The normalized spacial score (nSPS) is 11.7. The number of aliphatic hydroxyl groups excluding tert-OH is 1. The smallest absolute Gasteiger partial charge is 0.132 e. The lowest BCUT2D eigenvalue weighted by molar-refractivity contribution is 0.253. The Bertz CT molecular complexity index is 636. The minimum atomic E-state index is -0.619. The van der Waals surface area contributed by atoms with E-state index < -0.39 is 6.10 Å². The minimum absolute atomic E-state index is 0.619. The van der Waals surface area contributed by atoms with Crippen LogP contribution in [-0.2, 0) is 6.42 Å². The molecule has 0 radical (unpaired) electrons. The van der Waals surface area contributed by atoms with Crippen molar-refractivity contribution in [3.63, 3.8) is 0 Å². The van der Waals surface area contributed by atoms with E-state index in [4.69, 9.17) is 5.11 Å². The standard InChI is InChI=1S/C15H14N2O/c1-3-4-15-16-10-13-9-12(6-5-11(2)18)7-8-14(13)17-15/h3,7-11,18H,1,4H2,2H3. The fourth-order valence-corrected chi connectivity index (χ4v) is 1.56. The summed E-state index contributed by atoms with van der Waals surface area (Å²) in [6.07, 6.45) is 3.62. The number of aliphatic hydroxyl groups is 1. The molecule has 3 nitrogen and oxygen atoms in total. The minimum Gasteiger partial charge on any atom is -0.381 e. The summed E-state index contributed by atoms with van der Waals surface area (Å²) in [6, 6.07) is 5.72. The summed E-state index contributed by atoms with van der Waals surface area (Å²) in [5.74, 6) is 6.38. The van der Waals surface area contributed by atoms with Gasteiger partial charge in [-0.05, 0) is 25.1 Å². The van der Waals surface area contributed by atoms with Crippen LogP contribution in [-0.4, -0.2) is 21.2 Å². The van der Waals surface area contributed by atoms with Crippen LogP contribution in [0.15, 0.2) is 37.1 Å². The third kappa shape index (κ3) is 2.93.